The molecule has 0 aliphatic rings. The summed E-state index contributed by atoms with van der Waals surface area (Å²) in [5.74, 6) is 0.951. The van der Waals surface area contributed by atoms with Gasteiger partial charge in [0.05, 0.1) is 12.3 Å². The molecule has 86 valence electrons. The first-order chi connectivity index (χ1) is 7.05. The lowest BCUT2D eigenvalue weighted by Crippen LogP contribution is -2.21. The van der Waals surface area contributed by atoms with E-state index in [0.717, 1.165) is 24.5 Å². The van der Waals surface area contributed by atoms with Crippen molar-refractivity contribution in [1.29, 1.82) is 0 Å². The second kappa shape index (κ2) is 5.28. The Balaban J connectivity index is 2.51. The number of nitrogens with one attached hydrogen (secondary N) is 1. The van der Waals surface area contributed by atoms with Gasteiger partial charge in [0.1, 0.15) is 5.76 Å². The molecule has 1 N–H and O–H groups in total. The van der Waals surface area contributed by atoms with Crippen LogP contribution in [-0.4, -0.2) is 25.2 Å². The van der Waals surface area contributed by atoms with Crippen LogP contribution in [0.1, 0.15) is 32.2 Å². The van der Waals surface area contributed by atoms with Crippen molar-refractivity contribution in [3.63, 3.8) is 0 Å². The van der Waals surface area contributed by atoms with Crippen molar-refractivity contribution >= 4 is 0 Å². The van der Waals surface area contributed by atoms with Crippen LogP contribution < -0.4 is 5.32 Å². The van der Waals surface area contributed by atoms with Gasteiger partial charge in [-0.05, 0) is 0 Å². The van der Waals surface area contributed by atoms with E-state index < -0.39 is 0 Å². The van der Waals surface area contributed by atoms with Crippen molar-refractivity contribution in [1.82, 2.24) is 10.3 Å². The number of ether oxygens (including phenoxy) is 1. The van der Waals surface area contributed by atoms with Crippen LogP contribution in [0.15, 0.2) is 10.8 Å². The number of aromatic nitrogens is 1. The smallest absolute Gasteiger partial charge is 0.181 e. The monoisotopic (exact) mass is 212 g/mol. The van der Waals surface area contributed by atoms with E-state index in [1.807, 2.05) is 0 Å². The van der Waals surface area contributed by atoms with Crippen LogP contribution in [0, 0.1) is 0 Å². The fraction of sp³-hybridized carbons (Fsp3) is 0.727. The summed E-state index contributed by atoms with van der Waals surface area (Å²) in [6, 6.07) is 0. The summed E-state index contributed by atoms with van der Waals surface area (Å²) in [5, 5.41) is 3.25. The maximum Gasteiger partial charge on any atom is 0.181 e. The van der Waals surface area contributed by atoms with Gasteiger partial charge < -0.3 is 14.5 Å². The van der Waals surface area contributed by atoms with Crippen molar-refractivity contribution in [3.8, 4) is 0 Å². The van der Waals surface area contributed by atoms with E-state index in [4.69, 9.17) is 9.15 Å². The third kappa shape index (κ3) is 3.64. The molecule has 1 rings (SSSR count). The van der Waals surface area contributed by atoms with Crippen LogP contribution in [0.3, 0.4) is 0 Å². The summed E-state index contributed by atoms with van der Waals surface area (Å²) < 4.78 is 10.4. The number of methoxy groups -OCH3 is 1. The van der Waals surface area contributed by atoms with Gasteiger partial charge in [-0.1, -0.05) is 20.8 Å². The first kappa shape index (κ1) is 12.2. The first-order valence-electron chi connectivity index (χ1n) is 5.18. The molecule has 0 atom stereocenters. The van der Waals surface area contributed by atoms with E-state index in [1.54, 1.807) is 7.11 Å². The van der Waals surface area contributed by atoms with E-state index >= 15 is 0 Å². The van der Waals surface area contributed by atoms with Gasteiger partial charge in [-0.2, -0.15) is 0 Å². The van der Waals surface area contributed by atoms with Crippen LogP contribution in [0.5, 0.6) is 0 Å². The maximum absolute atomic E-state index is 5.40. The highest BCUT2D eigenvalue weighted by molar-refractivity contribution is 5.15. The first-order valence-corrected chi connectivity index (χ1v) is 5.18. The lowest BCUT2D eigenvalue weighted by Gasteiger charge is -2.16. The van der Waals surface area contributed by atoms with Gasteiger partial charge in [-0.25, -0.2) is 4.98 Å². The molecule has 0 bridgehead atoms. The zero-order valence-corrected chi connectivity index (χ0v) is 9.96. The minimum Gasteiger partial charge on any atom is -0.448 e. The number of hydrogen-bond acceptors (Lipinski definition) is 4. The van der Waals surface area contributed by atoms with Crippen LogP contribution >= 0.6 is 0 Å². The molecule has 0 radical (unpaired) electrons. The van der Waals surface area contributed by atoms with E-state index in [2.05, 4.69) is 31.1 Å². The SMILES string of the molecule is COCCNCc1ncoc1C(C)(C)C. The molecule has 4 heteroatoms. The Morgan fingerprint density at radius 2 is 2.20 bits per heavy atom. The van der Waals surface area contributed by atoms with Crippen LogP contribution in [0.2, 0.25) is 0 Å². The minimum atomic E-state index is 0.00870. The molecule has 1 aromatic heterocycles. The Kier molecular flexibility index (Phi) is 4.29. The largest absolute Gasteiger partial charge is 0.448 e. The summed E-state index contributed by atoms with van der Waals surface area (Å²) >= 11 is 0. The van der Waals surface area contributed by atoms with Gasteiger partial charge in [-0.3, -0.25) is 0 Å². The summed E-state index contributed by atoms with van der Waals surface area (Å²) in [6.07, 6.45) is 1.51. The Morgan fingerprint density at radius 3 is 2.80 bits per heavy atom. The number of nitrogens with zero attached hydrogens (tertiary/aromatic N) is 1. The molecule has 1 heterocycles. The average molecular weight is 212 g/mol. The quantitative estimate of drug-likeness (QED) is 0.755. The van der Waals surface area contributed by atoms with Gasteiger partial charge in [0.2, 0.25) is 0 Å². The second-order valence-corrected chi connectivity index (χ2v) is 4.55. The fourth-order valence-electron chi connectivity index (χ4n) is 1.39. The Bertz CT molecular complexity index is 289. The topological polar surface area (TPSA) is 47.3 Å². The van der Waals surface area contributed by atoms with Gasteiger partial charge >= 0.3 is 0 Å². The highest BCUT2D eigenvalue weighted by Gasteiger charge is 2.22. The predicted octanol–water partition coefficient (Wildman–Crippen LogP) is 1.71. The maximum atomic E-state index is 5.40. The van der Waals surface area contributed by atoms with Gasteiger partial charge in [0, 0.05) is 25.6 Å². The highest BCUT2D eigenvalue weighted by Crippen LogP contribution is 2.24. The fourth-order valence-corrected chi connectivity index (χ4v) is 1.39. The molecule has 0 aliphatic heterocycles. The van der Waals surface area contributed by atoms with E-state index in [1.165, 1.54) is 6.39 Å². The van der Waals surface area contributed by atoms with E-state index in [0.29, 0.717) is 6.61 Å². The van der Waals surface area contributed by atoms with Crippen molar-refractivity contribution in [2.45, 2.75) is 32.7 Å². The van der Waals surface area contributed by atoms with Crippen LogP contribution in [0.4, 0.5) is 0 Å². The molecule has 0 saturated carbocycles. The predicted molar refractivity (Wildman–Crippen MR) is 58.8 cm³/mol. The number of oxazole rings is 1. The zero-order valence-electron chi connectivity index (χ0n) is 9.96. The summed E-state index contributed by atoms with van der Waals surface area (Å²) in [7, 11) is 1.69. The van der Waals surface area contributed by atoms with Gasteiger partial charge in [0.15, 0.2) is 6.39 Å². The van der Waals surface area contributed by atoms with E-state index in [-0.39, 0.29) is 5.41 Å². The molecule has 15 heavy (non-hydrogen) atoms. The molecule has 0 unspecified atom stereocenters. The van der Waals surface area contributed by atoms with E-state index in [9.17, 15) is 0 Å². The molecule has 1 aromatic rings. The number of hydrogen-bond donors (Lipinski definition) is 1. The Hall–Kier alpha value is -0.870. The van der Waals surface area contributed by atoms with Crippen molar-refractivity contribution in [2.75, 3.05) is 20.3 Å². The normalized spacial score (nSPS) is 12.0. The van der Waals surface area contributed by atoms with Crippen molar-refractivity contribution < 1.29 is 9.15 Å². The molecular weight excluding hydrogens is 192 g/mol. The highest BCUT2D eigenvalue weighted by atomic mass is 16.5. The molecule has 4 nitrogen and oxygen atoms in total. The van der Waals surface area contributed by atoms with Crippen molar-refractivity contribution in [2.24, 2.45) is 0 Å². The lowest BCUT2D eigenvalue weighted by atomic mass is 9.92. The third-order valence-electron chi connectivity index (χ3n) is 2.10. The molecule has 0 saturated heterocycles. The molecule has 0 aliphatic carbocycles. The molecule has 0 fully saturated rings. The summed E-state index contributed by atoms with van der Waals surface area (Å²) in [5.41, 5.74) is 0.994. The molecule has 0 spiro atoms. The molecular formula is C11H20N2O2. The molecule has 0 aromatic carbocycles. The van der Waals surface area contributed by atoms with Gasteiger partial charge in [-0.15, -0.1) is 0 Å². The summed E-state index contributed by atoms with van der Waals surface area (Å²) in [4.78, 5) is 4.21. The van der Waals surface area contributed by atoms with Gasteiger partial charge in [0.25, 0.3) is 0 Å². The summed E-state index contributed by atoms with van der Waals surface area (Å²) in [6.45, 7) is 8.62. The molecule has 0 amide bonds. The minimum absolute atomic E-state index is 0.00870. The Morgan fingerprint density at radius 1 is 1.47 bits per heavy atom. The standard InChI is InChI=1S/C11H20N2O2/c1-11(2,3)10-9(13-8-15-10)7-12-5-6-14-4/h8,12H,5-7H2,1-4H3. The number of rotatable bonds is 5. The third-order valence-corrected chi connectivity index (χ3v) is 2.10. The second-order valence-electron chi connectivity index (χ2n) is 4.55. The van der Waals surface area contributed by atoms with Crippen molar-refractivity contribution in [3.05, 3.63) is 17.8 Å². The van der Waals surface area contributed by atoms with Crippen LogP contribution in [0.25, 0.3) is 0 Å². The Labute approximate surface area is 91.0 Å². The zero-order chi connectivity index (χ0) is 11.3. The average Bonchev–Trinajstić information content (AvgIpc) is 2.59. The van der Waals surface area contributed by atoms with Crippen LogP contribution in [-0.2, 0) is 16.7 Å². The lowest BCUT2D eigenvalue weighted by molar-refractivity contribution is 0.199.